The Kier molecular flexibility index (Phi) is 4.03. The largest absolute Gasteiger partial charge is 0.478 e. The maximum Gasteiger partial charge on any atom is 0.335 e. The van der Waals surface area contributed by atoms with E-state index >= 15 is 0 Å². The first kappa shape index (κ1) is 14.7. The number of carbonyl (C=O) groups excluding carboxylic acids is 1. The minimum absolute atomic E-state index is 0.00376. The maximum atomic E-state index is 11.5. The summed E-state index contributed by atoms with van der Waals surface area (Å²) in [5.41, 5.74) is 4.93. The number of nitro groups is 1. The summed E-state index contributed by atoms with van der Waals surface area (Å²) >= 11 is 0. The van der Waals surface area contributed by atoms with Crippen molar-refractivity contribution in [3.05, 3.63) is 33.9 Å². The van der Waals surface area contributed by atoms with E-state index in [1.54, 1.807) is 0 Å². The fourth-order valence-corrected chi connectivity index (χ4v) is 2.17. The Hall–Kier alpha value is -2.68. The maximum absolute atomic E-state index is 11.5. The van der Waals surface area contributed by atoms with Gasteiger partial charge < -0.3 is 20.5 Å². The van der Waals surface area contributed by atoms with Crippen molar-refractivity contribution in [1.82, 2.24) is 0 Å². The minimum atomic E-state index is -1.21. The first-order chi connectivity index (χ1) is 9.91. The smallest absolute Gasteiger partial charge is 0.335 e. The highest BCUT2D eigenvalue weighted by Crippen LogP contribution is 2.31. The predicted molar refractivity (Wildman–Crippen MR) is 71.2 cm³/mol. The molecule has 1 heterocycles. The summed E-state index contributed by atoms with van der Waals surface area (Å²) in [5, 5.41) is 20.1. The van der Waals surface area contributed by atoms with Crippen LogP contribution in [0.3, 0.4) is 0 Å². The predicted octanol–water partition coefficient (Wildman–Crippen LogP) is -0.0165. The number of nitro benzene ring substituents is 1. The van der Waals surface area contributed by atoms with Gasteiger partial charge in [0.05, 0.1) is 23.7 Å². The van der Waals surface area contributed by atoms with Gasteiger partial charge in [-0.3, -0.25) is 14.9 Å². The van der Waals surface area contributed by atoms with Crippen LogP contribution in [0, 0.1) is 10.1 Å². The Labute approximate surface area is 119 Å². The zero-order chi connectivity index (χ0) is 15.6. The second-order valence-corrected chi connectivity index (χ2v) is 4.45. The topological polar surface area (TPSA) is 136 Å². The molecule has 0 aromatic heterocycles. The fraction of sp³-hybridized carbons (Fsp3) is 0.333. The molecule has 1 amide bonds. The van der Waals surface area contributed by atoms with Gasteiger partial charge in [0.25, 0.3) is 5.69 Å². The van der Waals surface area contributed by atoms with Crippen LogP contribution < -0.4 is 10.6 Å². The average Bonchev–Trinajstić information content (AvgIpc) is 2.46. The first-order valence-corrected chi connectivity index (χ1v) is 6.07. The monoisotopic (exact) mass is 295 g/mol. The fourth-order valence-electron chi connectivity index (χ4n) is 2.17. The zero-order valence-electron chi connectivity index (χ0n) is 10.9. The van der Waals surface area contributed by atoms with Gasteiger partial charge in [0.15, 0.2) is 0 Å². The van der Waals surface area contributed by atoms with E-state index in [4.69, 9.17) is 15.6 Å². The molecule has 1 aliphatic rings. The molecule has 1 saturated heterocycles. The third-order valence-electron chi connectivity index (χ3n) is 3.19. The molecule has 1 aromatic carbocycles. The number of morpholine rings is 1. The second kappa shape index (κ2) is 5.75. The van der Waals surface area contributed by atoms with E-state index in [-0.39, 0.29) is 36.7 Å². The summed E-state index contributed by atoms with van der Waals surface area (Å²) in [7, 11) is 0. The molecular formula is C12H13N3O6. The van der Waals surface area contributed by atoms with Gasteiger partial charge in [-0.2, -0.15) is 0 Å². The molecule has 9 heteroatoms. The molecule has 0 spiro atoms. The van der Waals surface area contributed by atoms with Crippen LogP contribution in [0.25, 0.3) is 0 Å². The Bertz CT molecular complexity index is 603. The van der Waals surface area contributed by atoms with Crippen LogP contribution in [0.5, 0.6) is 0 Å². The molecule has 2 rings (SSSR count). The van der Waals surface area contributed by atoms with Gasteiger partial charge >= 0.3 is 5.97 Å². The molecule has 0 radical (unpaired) electrons. The van der Waals surface area contributed by atoms with Crippen molar-refractivity contribution < 1.29 is 24.4 Å². The van der Waals surface area contributed by atoms with Crippen molar-refractivity contribution in [3.8, 4) is 0 Å². The number of hydrogen-bond donors (Lipinski definition) is 2. The molecule has 1 atom stereocenters. The molecule has 0 bridgehead atoms. The number of nitrogens with zero attached hydrogens (tertiary/aromatic N) is 2. The molecule has 1 fully saturated rings. The van der Waals surface area contributed by atoms with Crippen LogP contribution in [0.1, 0.15) is 10.4 Å². The standard InChI is InChI=1S/C12H13N3O6/c13-11(16)10-6-21-4-3-14(10)9-5-7(12(17)18)1-2-8(9)15(19)20/h1-2,5,10H,3-4,6H2,(H2,13,16)(H,17,18). The lowest BCUT2D eigenvalue weighted by Gasteiger charge is -2.35. The second-order valence-electron chi connectivity index (χ2n) is 4.45. The van der Waals surface area contributed by atoms with Crippen molar-refractivity contribution in [2.45, 2.75) is 6.04 Å². The van der Waals surface area contributed by atoms with Gasteiger partial charge in [-0.25, -0.2) is 4.79 Å². The van der Waals surface area contributed by atoms with E-state index in [1.165, 1.54) is 11.0 Å². The number of carboxylic acid groups (broad SMARTS) is 1. The number of aromatic carboxylic acids is 1. The molecule has 0 aliphatic carbocycles. The number of carboxylic acids is 1. The number of primary amides is 1. The molecule has 9 nitrogen and oxygen atoms in total. The highest BCUT2D eigenvalue weighted by molar-refractivity contribution is 5.91. The van der Waals surface area contributed by atoms with Gasteiger partial charge in [-0.05, 0) is 12.1 Å². The number of anilines is 1. The Balaban J connectivity index is 2.52. The SMILES string of the molecule is NC(=O)C1COCCN1c1cc(C(=O)O)ccc1[N+](=O)[O-]. The van der Waals surface area contributed by atoms with Crippen molar-refractivity contribution >= 4 is 23.3 Å². The van der Waals surface area contributed by atoms with Gasteiger partial charge in [0.2, 0.25) is 5.91 Å². The quantitative estimate of drug-likeness (QED) is 0.588. The third-order valence-corrected chi connectivity index (χ3v) is 3.19. The summed E-state index contributed by atoms with van der Waals surface area (Å²) in [5.74, 6) is -1.90. The van der Waals surface area contributed by atoms with Crippen LogP contribution >= 0.6 is 0 Å². The zero-order valence-corrected chi connectivity index (χ0v) is 10.9. The number of benzene rings is 1. The van der Waals surface area contributed by atoms with Crippen molar-refractivity contribution in [2.75, 3.05) is 24.7 Å². The van der Waals surface area contributed by atoms with Crippen LogP contribution in [0.4, 0.5) is 11.4 Å². The van der Waals surface area contributed by atoms with Crippen molar-refractivity contribution in [2.24, 2.45) is 5.73 Å². The summed E-state index contributed by atoms with van der Waals surface area (Å²) in [4.78, 5) is 34.4. The molecule has 1 aliphatic heterocycles. The van der Waals surface area contributed by atoms with E-state index in [0.29, 0.717) is 0 Å². The normalized spacial score (nSPS) is 18.3. The molecule has 3 N–H and O–H groups in total. The van der Waals surface area contributed by atoms with Crippen LogP contribution in [0.2, 0.25) is 0 Å². The number of amides is 1. The van der Waals surface area contributed by atoms with Crippen molar-refractivity contribution in [1.29, 1.82) is 0 Å². The van der Waals surface area contributed by atoms with Gasteiger partial charge in [-0.1, -0.05) is 0 Å². The molecular weight excluding hydrogens is 282 g/mol. The first-order valence-electron chi connectivity index (χ1n) is 6.07. The summed E-state index contributed by atoms with van der Waals surface area (Å²) in [6.07, 6.45) is 0. The number of hydrogen-bond acceptors (Lipinski definition) is 6. The van der Waals surface area contributed by atoms with Gasteiger partial charge in [0.1, 0.15) is 11.7 Å². The van der Waals surface area contributed by atoms with E-state index in [2.05, 4.69) is 0 Å². The summed E-state index contributed by atoms with van der Waals surface area (Å²) in [6, 6.07) is 2.54. The van der Waals surface area contributed by atoms with E-state index in [1.807, 2.05) is 0 Å². The highest BCUT2D eigenvalue weighted by atomic mass is 16.6. The molecule has 112 valence electrons. The Morgan fingerprint density at radius 2 is 2.19 bits per heavy atom. The molecule has 0 saturated carbocycles. The number of carbonyl (C=O) groups is 2. The van der Waals surface area contributed by atoms with Crippen molar-refractivity contribution in [3.63, 3.8) is 0 Å². The third kappa shape index (κ3) is 2.92. The van der Waals surface area contributed by atoms with Crippen LogP contribution in [-0.4, -0.2) is 47.7 Å². The van der Waals surface area contributed by atoms with Gasteiger partial charge in [-0.15, -0.1) is 0 Å². The average molecular weight is 295 g/mol. The highest BCUT2D eigenvalue weighted by Gasteiger charge is 2.32. The molecule has 1 aromatic rings. The number of rotatable bonds is 4. The lowest BCUT2D eigenvalue weighted by molar-refractivity contribution is -0.384. The van der Waals surface area contributed by atoms with E-state index < -0.39 is 22.8 Å². The molecule has 1 unspecified atom stereocenters. The Morgan fingerprint density at radius 3 is 2.76 bits per heavy atom. The Morgan fingerprint density at radius 1 is 1.48 bits per heavy atom. The van der Waals surface area contributed by atoms with Crippen LogP contribution in [-0.2, 0) is 9.53 Å². The van der Waals surface area contributed by atoms with Gasteiger partial charge in [0, 0.05) is 12.6 Å². The van der Waals surface area contributed by atoms with E-state index in [0.717, 1.165) is 12.1 Å². The summed E-state index contributed by atoms with van der Waals surface area (Å²) in [6.45, 7) is 0.472. The van der Waals surface area contributed by atoms with Crippen LogP contribution in [0.15, 0.2) is 18.2 Å². The molecule has 21 heavy (non-hydrogen) atoms. The van der Waals surface area contributed by atoms with E-state index in [9.17, 15) is 19.7 Å². The summed E-state index contributed by atoms with van der Waals surface area (Å²) < 4.78 is 5.14. The number of ether oxygens (including phenoxy) is 1. The lowest BCUT2D eigenvalue weighted by atomic mass is 10.1. The number of nitrogens with two attached hydrogens (primary N) is 1. The minimum Gasteiger partial charge on any atom is -0.478 e. The lowest BCUT2D eigenvalue weighted by Crippen LogP contribution is -2.52.